The molecule has 0 heterocycles. The molecule has 0 bridgehead atoms. The number of likely N-dealkylation sites (N-methyl/N-ethyl adjacent to an activating group) is 1. The number of nitrogens with one attached hydrogen (secondary N) is 1. The smallest absolute Gasteiger partial charge is 0.252 e. The molecule has 2 aromatic carbocycles. The number of amides is 1. The molecule has 0 unspecified atom stereocenters. The highest BCUT2D eigenvalue weighted by molar-refractivity contribution is 7.89. The van der Waals surface area contributed by atoms with Gasteiger partial charge >= 0.3 is 0 Å². The average molecular weight is 428 g/mol. The molecule has 2 rings (SSSR count). The van der Waals surface area contributed by atoms with Crippen LogP contribution in [0.5, 0.6) is 0 Å². The molecule has 0 aliphatic carbocycles. The van der Waals surface area contributed by atoms with Gasteiger partial charge in [-0.15, -0.1) is 0 Å². The predicted octanol–water partition coefficient (Wildman–Crippen LogP) is 2.76. The summed E-state index contributed by atoms with van der Waals surface area (Å²) in [6.07, 6.45) is 0. The van der Waals surface area contributed by atoms with E-state index in [1.165, 1.54) is 44.4 Å². The Morgan fingerprint density at radius 1 is 1.14 bits per heavy atom. The van der Waals surface area contributed by atoms with Gasteiger partial charge in [0.2, 0.25) is 10.0 Å². The van der Waals surface area contributed by atoms with Crippen LogP contribution in [0.25, 0.3) is 0 Å². The van der Waals surface area contributed by atoms with Gasteiger partial charge in [0.15, 0.2) is 0 Å². The van der Waals surface area contributed by atoms with E-state index in [0.29, 0.717) is 5.56 Å². The van der Waals surface area contributed by atoms with Gasteiger partial charge in [-0.1, -0.05) is 23.7 Å². The van der Waals surface area contributed by atoms with E-state index in [-0.39, 0.29) is 33.9 Å². The van der Waals surface area contributed by atoms with Crippen LogP contribution in [0.3, 0.4) is 0 Å². The summed E-state index contributed by atoms with van der Waals surface area (Å²) < 4.78 is 39.2. The molecule has 1 atom stereocenters. The average Bonchev–Trinajstić information content (AvgIpc) is 2.61. The minimum Gasteiger partial charge on any atom is -0.350 e. The number of rotatable bonds is 7. The summed E-state index contributed by atoms with van der Waals surface area (Å²) >= 11 is 6.11. The summed E-state index contributed by atoms with van der Waals surface area (Å²) in [6, 6.07) is 9.85. The number of halogens is 2. The molecular weight excluding hydrogens is 405 g/mol. The van der Waals surface area contributed by atoms with Crippen molar-refractivity contribution in [3.63, 3.8) is 0 Å². The molecule has 0 spiro atoms. The summed E-state index contributed by atoms with van der Waals surface area (Å²) in [7, 11) is 2.75. The molecule has 0 aliphatic heterocycles. The van der Waals surface area contributed by atoms with E-state index in [2.05, 4.69) is 5.32 Å². The largest absolute Gasteiger partial charge is 0.350 e. The Bertz CT molecular complexity index is 965. The quantitative estimate of drug-likeness (QED) is 0.737. The van der Waals surface area contributed by atoms with Crippen LogP contribution in [0.1, 0.15) is 22.0 Å². The molecule has 0 aromatic heterocycles. The number of carbonyl (C=O) groups is 1. The zero-order valence-corrected chi connectivity index (χ0v) is 17.7. The molecule has 0 fully saturated rings. The number of carbonyl (C=O) groups excluding carboxylic acids is 1. The van der Waals surface area contributed by atoms with Gasteiger partial charge in [-0.05, 0) is 50.0 Å². The van der Waals surface area contributed by atoms with Gasteiger partial charge in [0.25, 0.3) is 5.91 Å². The third-order valence-electron chi connectivity index (χ3n) is 4.27. The number of sulfonamides is 1. The Balaban J connectivity index is 2.24. The fraction of sp³-hybridized carbons (Fsp3) is 0.316. The molecule has 1 amide bonds. The molecule has 0 radical (unpaired) electrons. The zero-order valence-electron chi connectivity index (χ0n) is 16.1. The third kappa shape index (κ3) is 5.08. The summed E-state index contributed by atoms with van der Waals surface area (Å²) in [4.78, 5) is 14.5. The molecule has 28 heavy (non-hydrogen) atoms. The SMILES string of the molecule is CN(C)[C@@H](CNC(=O)c1cc(S(=O)(=O)N(C)C)ccc1Cl)c1cccc(F)c1. The van der Waals surface area contributed by atoms with E-state index in [4.69, 9.17) is 11.6 Å². The highest BCUT2D eigenvalue weighted by Crippen LogP contribution is 2.23. The first-order chi connectivity index (χ1) is 13.0. The Kier molecular flexibility index (Phi) is 7.16. The van der Waals surface area contributed by atoms with Crippen LogP contribution < -0.4 is 5.32 Å². The van der Waals surface area contributed by atoms with Gasteiger partial charge in [0, 0.05) is 20.6 Å². The van der Waals surface area contributed by atoms with E-state index in [1.807, 2.05) is 19.0 Å². The first-order valence-electron chi connectivity index (χ1n) is 8.46. The molecule has 1 N–H and O–H groups in total. The third-order valence-corrected chi connectivity index (χ3v) is 6.41. The number of hydrogen-bond acceptors (Lipinski definition) is 4. The summed E-state index contributed by atoms with van der Waals surface area (Å²) in [6.45, 7) is 0.191. The standard InChI is InChI=1S/C19H23ClFN3O3S/c1-23(2)18(13-6-5-7-14(21)10-13)12-22-19(25)16-11-15(8-9-17(16)20)28(26,27)24(3)4/h5-11,18H,12H2,1-4H3,(H,22,25)/t18-/m0/s1. The lowest BCUT2D eigenvalue weighted by Crippen LogP contribution is -2.34. The summed E-state index contributed by atoms with van der Waals surface area (Å²) in [5.74, 6) is -0.871. The lowest BCUT2D eigenvalue weighted by atomic mass is 10.1. The highest BCUT2D eigenvalue weighted by Gasteiger charge is 2.22. The van der Waals surface area contributed by atoms with Crippen molar-refractivity contribution in [2.45, 2.75) is 10.9 Å². The van der Waals surface area contributed by atoms with E-state index in [9.17, 15) is 17.6 Å². The monoisotopic (exact) mass is 427 g/mol. The van der Waals surface area contributed by atoms with Crippen LogP contribution in [0, 0.1) is 5.82 Å². The van der Waals surface area contributed by atoms with Crippen molar-refractivity contribution in [2.75, 3.05) is 34.7 Å². The maximum Gasteiger partial charge on any atom is 0.252 e. The summed E-state index contributed by atoms with van der Waals surface area (Å²) in [5.41, 5.74) is 0.765. The van der Waals surface area contributed by atoms with Gasteiger partial charge in [-0.25, -0.2) is 17.1 Å². The highest BCUT2D eigenvalue weighted by atomic mass is 35.5. The van der Waals surface area contributed by atoms with Gasteiger partial charge in [0.05, 0.1) is 21.5 Å². The van der Waals surface area contributed by atoms with Crippen LogP contribution in [0.15, 0.2) is 47.4 Å². The van der Waals surface area contributed by atoms with E-state index in [1.54, 1.807) is 12.1 Å². The lowest BCUT2D eigenvalue weighted by molar-refractivity contribution is 0.0942. The van der Waals surface area contributed by atoms with Crippen molar-refractivity contribution in [3.05, 3.63) is 64.4 Å². The van der Waals surface area contributed by atoms with Gasteiger partial charge in [0.1, 0.15) is 5.82 Å². The van der Waals surface area contributed by atoms with Crippen LogP contribution in [-0.4, -0.2) is 58.3 Å². The van der Waals surface area contributed by atoms with Gasteiger partial charge < -0.3 is 10.2 Å². The second kappa shape index (κ2) is 9.00. The zero-order chi connectivity index (χ0) is 21.1. The van der Waals surface area contributed by atoms with Crippen molar-refractivity contribution >= 4 is 27.5 Å². The van der Waals surface area contributed by atoms with Gasteiger partial charge in [-0.2, -0.15) is 0 Å². The Morgan fingerprint density at radius 3 is 2.39 bits per heavy atom. The van der Waals surface area contributed by atoms with Crippen molar-refractivity contribution in [2.24, 2.45) is 0 Å². The Hall–Kier alpha value is -2.00. The maximum atomic E-state index is 13.5. The molecule has 152 valence electrons. The number of hydrogen-bond donors (Lipinski definition) is 1. The minimum atomic E-state index is -3.70. The fourth-order valence-electron chi connectivity index (χ4n) is 2.65. The van der Waals surface area contributed by atoms with Crippen LogP contribution in [0.4, 0.5) is 4.39 Å². The van der Waals surface area contributed by atoms with E-state index >= 15 is 0 Å². The van der Waals surface area contributed by atoms with Crippen LogP contribution in [-0.2, 0) is 10.0 Å². The van der Waals surface area contributed by atoms with Crippen LogP contribution >= 0.6 is 11.6 Å². The Labute approximate surface area is 170 Å². The summed E-state index contributed by atoms with van der Waals surface area (Å²) in [5, 5.41) is 2.89. The molecular formula is C19H23ClFN3O3S. The van der Waals surface area contributed by atoms with E-state index in [0.717, 1.165) is 4.31 Å². The fourth-order valence-corrected chi connectivity index (χ4v) is 3.78. The van der Waals surface area contributed by atoms with Crippen molar-refractivity contribution in [1.29, 1.82) is 0 Å². The topological polar surface area (TPSA) is 69.7 Å². The first kappa shape index (κ1) is 22.3. The van der Waals surface area contributed by atoms with Crippen LogP contribution in [0.2, 0.25) is 5.02 Å². The number of nitrogens with zero attached hydrogens (tertiary/aromatic N) is 2. The molecule has 2 aromatic rings. The predicted molar refractivity (Wildman–Crippen MR) is 107 cm³/mol. The van der Waals surface area contributed by atoms with Crippen molar-refractivity contribution in [1.82, 2.24) is 14.5 Å². The normalized spacial score (nSPS) is 13.0. The van der Waals surface area contributed by atoms with Crippen molar-refractivity contribution in [3.8, 4) is 0 Å². The first-order valence-corrected chi connectivity index (χ1v) is 10.3. The molecule has 0 saturated heterocycles. The second-order valence-corrected chi connectivity index (χ2v) is 9.23. The molecule has 0 saturated carbocycles. The van der Waals surface area contributed by atoms with Crippen molar-refractivity contribution < 1.29 is 17.6 Å². The van der Waals surface area contributed by atoms with Gasteiger partial charge in [-0.3, -0.25) is 4.79 Å². The molecule has 0 aliphatic rings. The molecule has 9 heteroatoms. The number of benzene rings is 2. The maximum absolute atomic E-state index is 13.5. The second-order valence-electron chi connectivity index (χ2n) is 6.67. The molecule has 6 nitrogen and oxygen atoms in total. The Morgan fingerprint density at radius 2 is 1.82 bits per heavy atom. The lowest BCUT2D eigenvalue weighted by Gasteiger charge is -2.25. The minimum absolute atomic E-state index is 0.0265. The van der Waals surface area contributed by atoms with E-state index < -0.39 is 15.9 Å².